The van der Waals surface area contributed by atoms with E-state index in [-0.39, 0.29) is 19.1 Å². The number of nitrogen functional groups attached to an aromatic ring is 1. The van der Waals surface area contributed by atoms with Gasteiger partial charge in [-0.05, 0) is 56.2 Å². The van der Waals surface area contributed by atoms with Crippen molar-refractivity contribution in [2.75, 3.05) is 29.6 Å². The fourth-order valence-electron chi connectivity index (χ4n) is 4.08. The third kappa shape index (κ3) is 8.90. The molecule has 0 spiro atoms. The Bertz CT molecular complexity index is 1270. The Labute approximate surface area is 229 Å². The van der Waals surface area contributed by atoms with Crippen molar-refractivity contribution < 1.29 is 24.2 Å². The first-order chi connectivity index (χ1) is 18.7. The number of aliphatic hydroxyl groups excluding tert-OH is 1. The molecule has 206 valence electrons. The SMILES string of the molecule is Cc1ccc(NC(=O)O[C@H](c2ccccc2OCCO)C(C)(C)CC/C=C/C(=O)Nc2ccccc2N)cc1. The number of aliphatic hydroxyl groups is 1. The van der Waals surface area contributed by atoms with Crippen LogP contribution in [0, 0.1) is 12.3 Å². The molecule has 0 bridgehead atoms. The van der Waals surface area contributed by atoms with E-state index in [1.807, 2.05) is 63.2 Å². The molecule has 0 saturated heterocycles. The molecular weight excluding hydrogens is 494 g/mol. The molecule has 0 heterocycles. The highest BCUT2D eigenvalue weighted by atomic mass is 16.6. The van der Waals surface area contributed by atoms with E-state index in [0.717, 1.165) is 5.56 Å². The number of hydrogen-bond acceptors (Lipinski definition) is 6. The van der Waals surface area contributed by atoms with Crippen molar-refractivity contribution in [2.24, 2.45) is 5.41 Å². The number of rotatable bonds is 12. The van der Waals surface area contributed by atoms with E-state index < -0.39 is 17.6 Å². The Balaban J connectivity index is 1.74. The number of hydrogen-bond donors (Lipinski definition) is 4. The van der Waals surface area contributed by atoms with E-state index in [9.17, 15) is 14.7 Å². The minimum atomic E-state index is -0.677. The molecule has 8 nitrogen and oxygen atoms in total. The van der Waals surface area contributed by atoms with Crippen molar-refractivity contribution in [1.82, 2.24) is 0 Å². The minimum absolute atomic E-state index is 0.115. The van der Waals surface area contributed by atoms with Gasteiger partial charge in [-0.25, -0.2) is 4.79 Å². The molecule has 0 aliphatic carbocycles. The summed E-state index contributed by atoms with van der Waals surface area (Å²) in [6.45, 7) is 5.94. The number of nitrogens with two attached hydrogens (primary N) is 1. The van der Waals surface area contributed by atoms with Crippen molar-refractivity contribution >= 4 is 29.1 Å². The molecule has 5 N–H and O–H groups in total. The fourth-order valence-corrected chi connectivity index (χ4v) is 4.08. The molecule has 8 heteroatoms. The Hall–Kier alpha value is -4.30. The van der Waals surface area contributed by atoms with E-state index in [0.29, 0.717) is 41.2 Å². The lowest BCUT2D eigenvalue weighted by molar-refractivity contribution is -0.111. The lowest BCUT2D eigenvalue weighted by Crippen LogP contribution is -2.29. The van der Waals surface area contributed by atoms with Gasteiger partial charge in [-0.15, -0.1) is 0 Å². The molecule has 2 amide bonds. The van der Waals surface area contributed by atoms with E-state index in [2.05, 4.69) is 10.6 Å². The minimum Gasteiger partial charge on any atom is -0.491 e. The monoisotopic (exact) mass is 531 g/mol. The van der Waals surface area contributed by atoms with Crippen LogP contribution in [-0.2, 0) is 9.53 Å². The number of allylic oxidation sites excluding steroid dienone is 1. The molecule has 0 fully saturated rings. The zero-order valence-electron chi connectivity index (χ0n) is 22.6. The zero-order chi connectivity index (χ0) is 28.3. The molecule has 0 unspecified atom stereocenters. The summed E-state index contributed by atoms with van der Waals surface area (Å²) in [5.41, 5.74) is 8.79. The molecule has 3 aromatic rings. The van der Waals surface area contributed by atoms with Crippen LogP contribution in [-0.4, -0.2) is 30.3 Å². The molecule has 1 atom stereocenters. The van der Waals surface area contributed by atoms with Gasteiger partial charge in [-0.3, -0.25) is 10.1 Å². The van der Waals surface area contributed by atoms with Crippen LogP contribution in [0.5, 0.6) is 5.75 Å². The van der Waals surface area contributed by atoms with Gasteiger partial charge in [0.1, 0.15) is 18.5 Å². The molecule has 39 heavy (non-hydrogen) atoms. The molecule has 0 radical (unpaired) electrons. The lowest BCUT2D eigenvalue weighted by Gasteiger charge is -2.35. The Morgan fingerprint density at radius 2 is 1.69 bits per heavy atom. The highest BCUT2D eigenvalue weighted by Crippen LogP contribution is 2.44. The first kappa shape index (κ1) is 29.3. The van der Waals surface area contributed by atoms with Crippen LogP contribution in [0.15, 0.2) is 84.9 Å². The topological polar surface area (TPSA) is 123 Å². The lowest BCUT2D eigenvalue weighted by atomic mass is 9.78. The summed E-state index contributed by atoms with van der Waals surface area (Å²) in [5, 5.41) is 14.8. The fraction of sp³-hybridized carbons (Fsp3) is 0.290. The molecule has 0 saturated carbocycles. The second-order valence-corrected chi connectivity index (χ2v) is 9.89. The van der Waals surface area contributed by atoms with Crippen LogP contribution < -0.4 is 21.1 Å². The van der Waals surface area contributed by atoms with Gasteiger partial charge < -0.3 is 25.6 Å². The van der Waals surface area contributed by atoms with Crippen molar-refractivity contribution in [1.29, 1.82) is 0 Å². The number of aryl methyl sites for hydroxylation is 1. The molecular formula is C31H37N3O5. The van der Waals surface area contributed by atoms with E-state index in [1.165, 1.54) is 6.08 Å². The molecule has 0 aromatic heterocycles. The quantitative estimate of drug-likeness (QED) is 0.162. The van der Waals surface area contributed by atoms with Crippen LogP contribution in [0.1, 0.15) is 43.9 Å². The number of anilines is 3. The Morgan fingerprint density at radius 1 is 1.00 bits per heavy atom. The summed E-state index contributed by atoms with van der Waals surface area (Å²) in [4.78, 5) is 25.3. The van der Waals surface area contributed by atoms with E-state index in [4.69, 9.17) is 15.2 Å². The largest absolute Gasteiger partial charge is 0.491 e. The standard InChI is InChI=1S/C31H37N3O5/c1-22-15-17-23(18-16-22)33-30(37)39-29(24-10-4-7-13-27(24)38-21-20-35)31(2,3)19-9-8-14-28(36)34-26-12-6-5-11-25(26)32/h4-8,10-18,29,35H,9,19-21,32H2,1-3H3,(H,33,37)(H,34,36)/b14-8+/t29-/m1/s1. The number of benzene rings is 3. The number of ether oxygens (including phenoxy) is 2. The smallest absolute Gasteiger partial charge is 0.412 e. The summed E-state index contributed by atoms with van der Waals surface area (Å²) >= 11 is 0. The maximum absolute atomic E-state index is 13.0. The van der Waals surface area contributed by atoms with Crippen LogP contribution in [0.25, 0.3) is 0 Å². The van der Waals surface area contributed by atoms with Gasteiger partial charge in [-0.2, -0.15) is 0 Å². The summed E-state index contributed by atoms with van der Waals surface area (Å²) in [7, 11) is 0. The number of carbonyl (C=O) groups is 2. The van der Waals surface area contributed by atoms with Crippen molar-refractivity contribution in [2.45, 2.75) is 39.7 Å². The van der Waals surface area contributed by atoms with E-state index >= 15 is 0 Å². The van der Waals surface area contributed by atoms with Gasteiger partial charge in [0.2, 0.25) is 5.91 Å². The third-order valence-electron chi connectivity index (χ3n) is 6.23. The Kier molecular flexibility index (Phi) is 10.5. The second-order valence-electron chi connectivity index (χ2n) is 9.89. The van der Waals surface area contributed by atoms with Crippen LogP contribution in [0.2, 0.25) is 0 Å². The average molecular weight is 532 g/mol. The van der Waals surface area contributed by atoms with Gasteiger partial charge in [-0.1, -0.05) is 68.0 Å². The third-order valence-corrected chi connectivity index (χ3v) is 6.23. The van der Waals surface area contributed by atoms with Gasteiger partial charge >= 0.3 is 6.09 Å². The van der Waals surface area contributed by atoms with Gasteiger partial charge in [0, 0.05) is 16.7 Å². The van der Waals surface area contributed by atoms with Crippen LogP contribution in [0.4, 0.5) is 21.9 Å². The first-order valence-corrected chi connectivity index (χ1v) is 12.9. The number of carbonyl (C=O) groups excluding carboxylic acids is 2. The normalized spacial score (nSPS) is 12.1. The second kappa shape index (κ2) is 14.0. The number of para-hydroxylation sites is 3. The number of nitrogens with one attached hydrogen (secondary N) is 2. The summed E-state index contributed by atoms with van der Waals surface area (Å²) in [6, 6.07) is 21.8. The average Bonchev–Trinajstić information content (AvgIpc) is 2.91. The van der Waals surface area contributed by atoms with Gasteiger partial charge in [0.05, 0.1) is 18.0 Å². The van der Waals surface area contributed by atoms with Gasteiger partial charge in [0.15, 0.2) is 0 Å². The molecule has 0 aliphatic heterocycles. The highest BCUT2D eigenvalue weighted by Gasteiger charge is 2.35. The molecule has 0 aliphatic rings. The summed E-state index contributed by atoms with van der Waals surface area (Å²) < 4.78 is 11.8. The van der Waals surface area contributed by atoms with Crippen LogP contribution in [0.3, 0.4) is 0 Å². The highest BCUT2D eigenvalue weighted by molar-refractivity contribution is 6.01. The van der Waals surface area contributed by atoms with Crippen molar-refractivity contribution in [3.8, 4) is 5.75 Å². The summed E-state index contributed by atoms with van der Waals surface area (Å²) in [5.74, 6) is 0.252. The zero-order valence-corrected chi connectivity index (χ0v) is 22.6. The number of amides is 2. The van der Waals surface area contributed by atoms with Crippen LogP contribution >= 0.6 is 0 Å². The van der Waals surface area contributed by atoms with E-state index in [1.54, 1.807) is 36.4 Å². The molecule has 3 aromatic carbocycles. The van der Waals surface area contributed by atoms with Crippen molar-refractivity contribution in [3.63, 3.8) is 0 Å². The summed E-state index contributed by atoms with van der Waals surface area (Å²) in [6.07, 6.45) is 3.15. The van der Waals surface area contributed by atoms with Crippen molar-refractivity contribution in [3.05, 3.63) is 96.1 Å². The predicted molar refractivity (Wildman–Crippen MR) is 155 cm³/mol. The maximum Gasteiger partial charge on any atom is 0.412 e. The maximum atomic E-state index is 13.0. The molecule has 3 rings (SSSR count). The Morgan fingerprint density at radius 3 is 2.41 bits per heavy atom. The predicted octanol–water partition coefficient (Wildman–Crippen LogP) is 6.24. The first-order valence-electron chi connectivity index (χ1n) is 12.9. The van der Waals surface area contributed by atoms with Gasteiger partial charge in [0.25, 0.3) is 0 Å².